The molecule has 3 rings (SSSR count). The van der Waals surface area contributed by atoms with Gasteiger partial charge in [0.2, 0.25) is 0 Å². The molecule has 0 unspecified atom stereocenters. The highest BCUT2D eigenvalue weighted by Crippen LogP contribution is 2.33. The number of methoxy groups -OCH3 is 1. The summed E-state index contributed by atoms with van der Waals surface area (Å²) in [6.07, 6.45) is 1.51. The van der Waals surface area contributed by atoms with Crippen molar-refractivity contribution in [3.63, 3.8) is 0 Å². The molecule has 0 saturated heterocycles. The average molecular weight is 309 g/mol. The largest absolute Gasteiger partial charge is 0.495 e. The van der Waals surface area contributed by atoms with E-state index in [9.17, 15) is 4.79 Å². The van der Waals surface area contributed by atoms with E-state index in [4.69, 9.17) is 9.47 Å². The molecule has 1 heterocycles. The van der Waals surface area contributed by atoms with Gasteiger partial charge in [0.1, 0.15) is 11.9 Å². The Morgan fingerprint density at radius 2 is 1.78 bits per heavy atom. The summed E-state index contributed by atoms with van der Waals surface area (Å²) < 4.78 is 10.9. The van der Waals surface area contributed by atoms with Crippen LogP contribution in [0.1, 0.15) is 18.5 Å². The first kappa shape index (κ1) is 15.2. The van der Waals surface area contributed by atoms with E-state index < -0.39 is 0 Å². The molecule has 0 spiro atoms. The number of hydrogen-bond donors (Lipinski definition) is 1. The summed E-state index contributed by atoms with van der Waals surface area (Å²) in [5.41, 5.74) is 2.54. The van der Waals surface area contributed by atoms with Crippen molar-refractivity contribution in [3.8, 4) is 5.75 Å². The van der Waals surface area contributed by atoms with E-state index in [1.165, 1.54) is 0 Å². The summed E-state index contributed by atoms with van der Waals surface area (Å²) in [5, 5.41) is 3.45. The van der Waals surface area contributed by atoms with Crippen molar-refractivity contribution < 1.29 is 14.3 Å². The molecule has 1 aliphatic heterocycles. The Hall–Kier alpha value is -2.75. The molecule has 2 atom stereocenters. The molecular formula is C19H19NO3. The minimum Gasteiger partial charge on any atom is -0.495 e. The Morgan fingerprint density at radius 1 is 1.09 bits per heavy atom. The van der Waals surface area contributed by atoms with Crippen molar-refractivity contribution in [2.75, 3.05) is 12.4 Å². The molecule has 4 heteroatoms. The van der Waals surface area contributed by atoms with Gasteiger partial charge in [0, 0.05) is 5.57 Å². The van der Waals surface area contributed by atoms with Gasteiger partial charge in [0.25, 0.3) is 0 Å². The van der Waals surface area contributed by atoms with Gasteiger partial charge < -0.3 is 14.8 Å². The maximum atomic E-state index is 11.8. The van der Waals surface area contributed by atoms with Crippen LogP contribution in [-0.2, 0) is 9.53 Å². The van der Waals surface area contributed by atoms with Crippen molar-refractivity contribution in [1.82, 2.24) is 0 Å². The number of carbonyl (C=O) groups excluding carboxylic acids is 1. The number of para-hydroxylation sites is 2. The molecule has 0 amide bonds. The maximum absolute atomic E-state index is 11.8. The van der Waals surface area contributed by atoms with Crippen molar-refractivity contribution in [2.45, 2.75) is 19.1 Å². The fourth-order valence-electron chi connectivity index (χ4n) is 2.68. The highest BCUT2D eigenvalue weighted by atomic mass is 16.5. The number of hydrogen-bond acceptors (Lipinski definition) is 4. The first-order valence-corrected chi connectivity index (χ1v) is 7.53. The molecule has 4 nitrogen and oxygen atoms in total. The summed E-state index contributed by atoms with van der Waals surface area (Å²) in [7, 11) is 1.64. The monoisotopic (exact) mass is 309 g/mol. The molecule has 0 bridgehead atoms. The number of cyclic esters (lactones) is 1. The van der Waals surface area contributed by atoms with Gasteiger partial charge in [-0.25, -0.2) is 4.79 Å². The van der Waals surface area contributed by atoms with Gasteiger partial charge in [-0.05, 0) is 30.7 Å². The van der Waals surface area contributed by atoms with E-state index in [0.717, 1.165) is 17.0 Å². The molecule has 2 aromatic rings. The molecule has 0 fully saturated rings. The number of rotatable bonds is 5. The predicted octanol–water partition coefficient (Wildman–Crippen LogP) is 3.72. The van der Waals surface area contributed by atoms with Crippen LogP contribution in [-0.4, -0.2) is 19.2 Å². The van der Waals surface area contributed by atoms with Crippen LogP contribution < -0.4 is 10.1 Å². The van der Waals surface area contributed by atoms with Gasteiger partial charge in [-0.1, -0.05) is 42.5 Å². The first-order valence-electron chi connectivity index (χ1n) is 7.53. The van der Waals surface area contributed by atoms with Gasteiger partial charge in [0.05, 0.1) is 18.8 Å². The zero-order valence-electron chi connectivity index (χ0n) is 13.2. The molecular weight excluding hydrogens is 290 g/mol. The zero-order valence-corrected chi connectivity index (χ0v) is 13.2. The Labute approximate surface area is 135 Å². The Balaban J connectivity index is 1.95. The number of esters is 1. The predicted molar refractivity (Wildman–Crippen MR) is 89.4 cm³/mol. The smallest absolute Gasteiger partial charge is 0.334 e. The highest BCUT2D eigenvalue weighted by molar-refractivity contribution is 5.90. The molecule has 2 aromatic carbocycles. The van der Waals surface area contributed by atoms with Crippen LogP contribution in [0.15, 0.2) is 66.2 Å². The molecule has 1 N–H and O–H groups in total. The van der Waals surface area contributed by atoms with Crippen LogP contribution in [0.5, 0.6) is 5.75 Å². The lowest BCUT2D eigenvalue weighted by Gasteiger charge is -2.25. The molecule has 0 saturated carbocycles. The van der Waals surface area contributed by atoms with E-state index in [-0.39, 0.29) is 18.1 Å². The molecule has 23 heavy (non-hydrogen) atoms. The van der Waals surface area contributed by atoms with Gasteiger partial charge >= 0.3 is 5.97 Å². The molecule has 0 aromatic heterocycles. The lowest BCUT2D eigenvalue weighted by atomic mass is 10.00. The number of nitrogens with one attached hydrogen (secondary N) is 1. The minimum atomic E-state index is -0.352. The summed E-state index contributed by atoms with van der Waals surface area (Å²) in [4.78, 5) is 11.8. The van der Waals surface area contributed by atoms with Gasteiger partial charge in [0.15, 0.2) is 0 Å². The highest BCUT2D eigenvalue weighted by Gasteiger charge is 2.31. The van der Waals surface area contributed by atoms with E-state index >= 15 is 0 Å². The van der Waals surface area contributed by atoms with E-state index in [2.05, 4.69) is 5.32 Å². The van der Waals surface area contributed by atoms with Crippen LogP contribution in [0.4, 0.5) is 5.69 Å². The lowest BCUT2D eigenvalue weighted by molar-refractivity contribution is -0.140. The van der Waals surface area contributed by atoms with E-state index in [1.807, 2.05) is 60.7 Å². The SMILES string of the molecule is COc1ccccc1N[C@H](c1ccccc1)[C@H]1C=C(C)C(=O)O1. The van der Waals surface area contributed by atoms with E-state index in [1.54, 1.807) is 14.0 Å². The van der Waals surface area contributed by atoms with Crippen molar-refractivity contribution in [3.05, 3.63) is 71.8 Å². The fourth-order valence-corrected chi connectivity index (χ4v) is 2.68. The third-order valence-electron chi connectivity index (χ3n) is 3.88. The average Bonchev–Trinajstić information content (AvgIpc) is 2.92. The number of ether oxygens (including phenoxy) is 2. The minimum absolute atomic E-state index is 0.186. The van der Waals surface area contributed by atoms with Crippen molar-refractivity contribution >= 4 is 11.7 Å². The third kappa shape index (κ3) is 3.21. The number of anilines is 1. The Kier molecular flexibility index (Phi) is 4.33. The number of benzene rings is 2. The molecule has 0 radical (unpaired) electrons. The van der Waals surface area contributed by atoms with Gasteiger partial charge in [-0.2, -0.15) is 0 Å². The van der Waals surface area contributed by atoms with Crippen LogP contribution in [0.25, 0.3) is 0 Å². The summed E-state index contributed by atoms with van der Waals surface area (Å²) >= 11 is 0. The summed E-state index contributed by atoms with van der Waals surface area (Å²) in [5.74, 6) is 0.483. The molecule has 0 aliphatic carbocycles. The molecule has 1 aliphatic rings. The van der Waals surface area contributed by atoms with Gasteiger partial charge in [-0.15, -0.1) is 0 Å². The second kappa shape index (κ2) is 6.57. The maximum Gasteiger partial charge on any atom is 0.334 e. The third-order valence-corrected chi connectivity index (χ3v) is 3.88. The molecule has 118 valence electrons. The Bertz CT molecular complexity index is 724. The van der Waals surface area contributed by atoms with Crippen molar-refractivity contribution in [2.24, 2.45) is 0 Å². The van der Waals surface area contributed by atoms with Gasteiger partial charge in [-0.3, -0.25) is 0 Å². The van der Waals surface area contributed by atoms with Crippen LogP contribution in [0.2, 0.25) is 0 Å². The Morgan fingerprint density at radius 3 is 2.43 bits per heavy atom. The second-order valence-corrected chi connectivity index (χ2v) is 5.45. The zero-order chi connectivity index (χ0) is 16.2. The summed E-state index contributed by atoms with van der Waals surface area (Å²) in [6.45, 7) is 1.77. The first-order chi connectivity index (χ1) is 11.2. The quantitative estimate of drug-likeness (QED) is 0.855. The normalized spacial score (nSPS) is 18.1. The van der Waals surface area contributed by atoms with Crippen LogP contribution in [0, 0.1) is 0 Å². The summed E-state index contributed by atoms with van der Waals surface area (Å²) in [6, 6.07) is 17.5. The topological polar surface area (TPSA) is 47.6 Å². The standard InChI is InChI=1S/C19H19NO3/c1-13-12-17(23-19(13)21)18(14-8-4-3-5-9-14)20-15-10-6-7-11-16(15)22-2/h3-12,17-18,20H,1-2H3/t17-,18-/m1/s1. The van der Waals surface area contributed by atoms with Crippen molar-refractivity contribution in [1.29, 1.82) is 0 Å². The number of carbonyl (C=O) groups is 1. The van der Waals surface area contributed by atoms with Crippen LogP contribution >= 0.6 is 0 Å². The van der Waals surface area contributed by atoms with E-state index in [0.29, 0.717) is 5.57 Å². The second-order valence-electron chi connectivity index (χ2n) is 5.45. The van der Waals surface area contributed by atoms with Crippen LogP contribution in [0.3, 0.4) is 0 Å². The fraction of sp³-hybridized carbons (Fsp3) is 0.211. The lowest BCUT2D eigenvalue weighted by Crippen LogP contribution is -2.25.